The Morgan fingerprint density at radius 3 is 3.00 bits per heavy atom. The van der Waals surface area contributed by atoms with E-state index in [1.165, 1.54) is 36.7 Å². The number of halogens is 1. The van der Waals surface area contributed by atoms with Crippen LogP contribution >= 0.6 is 34.4 Å². The smallest absolute Gasteiger partial charge is 0.265 e. The molecule has 1 aromatic carbocycles. The molecular weight excluding hydrogens is 359 g/mol. The molecule has 0 radical (unpaired) electrons. The molecule has 0 unspecified atom stereocenters. The van der Waals surface area contributed by atoms with Gasteiger partial charge in [0.1, 0.15) is 8.60 Å². The van der Waals surface area contributed by atoms with Crippen LogP contribution in [0.3, 0.4) is 0 Å². The highest BCUT2D eigenvalue weighted by atomic mass is 127. The molecule has 1 aliphatic carbocycles. The molecule has 0 spiro atoms. The van der Waals surface area contributed by atoms with Crippen LogP contribution in [-0.2, 0) is 12.8 Å². The van der Waals surface area contributed by atoms with Crippen molar-refractivity contribution in [1.29, 1.82) is 0 Å². The quantitative estimate of drug-likeness (QED) is 0.653. The SMILES string of the molecule is O=c1[nH]cnc(Sc2ccc3c(c2)CCC3)c1I. The second kappa shape index (κ2) is 5.05. The van der Waals surface area contributed by atoms with Crippen LogP contribution in [0, 0.1) is 3.57 Å². The van der Waals surface area contributed by atoms with Crippen LogP contribution in [-0.4, -0.2) is 9.97 Å². The first-order valence-electron chi connectivity index (χ1n) is 5.77. The van der Waals surface area contributed by atoms with Gasteiger partial charge in [0.15, 0.2) is 0 Å². The lowest BCUT2D eigenvalue weighted by Gasteiger charge is -2.05. The molecule has 0 atom stereocenters. The minimum absolute atomic E-state index is 0.0748. The van der Waals surface area contributed by atoms with Crippen LogP contribution in [0.25, 0.3) is 0 Å². The number of hydrogen-bond acceptors (Lipinski definition) is 3. The Morgan fingerprint density at radius 2 is 2.11 bits per heavy atom. The molecular formula is C13H11IN2OS. The third-order valence-corrected chi connectivity index (χ3v) is 5.41. The predicted octanol–water partition coefficient (Wildman–Crippen LogP) is 3.01. The van der Waals surface area contributed by atoms with Gasteiger partial charge in [-0.3, -0.25) is 4.79 Å². The first-order chi connectivity index (χ1) is 8.74. The Morgan fingerprint density at radius 1 is 1.28 bits per heavy atom. The second-order valence-electron chi connectivity index (χ2n) is 4.24. The monoisotopic (exact) mass is 370 g/mol. The van der Waals surface area contributed by atoms with Gasteiger partial charge >= 0.3 is 0 Å². The molecule has 1 aromatic heterocycles. The zero-order valence-corrected chi connectivity index (χ0v) is 12.5. The number of aryl methyl sites for hydroxylation is 2. The van der Waals surface area contributed by atoms with Gasteiger partial charge in [0, 0.05) is 4.90 Å². The average molecular weight is 370 g/mol. The standard InChI is InChI=1S/C13H11IN2OS/c14-11-12(17)15-7-16-13(11)18-10-5-4-8-2-1-3-9(8)6-10/h4-7H,1-3H2,(H,15,16,17). The first-order valence-corrected chi connectivity index (χ1v) is 7.66. The first kappa shape index (κ1) is 12.2. The van der Waals surface area contributed by atoms with E-state index in [-0.39, 0.29) is 5.56 Å². The summed E-state index contributed by atoms with van der Waals surface area (Å²) < 4.78 is 0.653. The highest BCUT2D eigenvalue weighted by Gasteiger charge is 2.12. The van der Waals surface area contributed by atoms with E-state index in [0.29, 0.717) is 3.57 Å². The number of aromatic amines is 1. The van der Waals surface area contributed by atoms with Gasteiger partial charge in [0.2, 0.25) is 0 Å². The van der Waals surface area contributed by atoms with E-state index >= 15 is 0 Å². The lowest BCUT2D eigenvalue weighted by molar-refractivity contribution is 0.911. The van der Waals surface area contributed by atoms with Gasteiger partial charge < -0.3 is 4.98 Å². The average Bonchev–Trinajstić information content (AvgIpc) is 2.82. The molecule has 18 heavy (non-hydrogen) atoms. The van der Waals surface area contributed by atoms with Crippen LogP contribution in [0.1, 0.15) is 17.5 Å². The fraction of sp³-hybridized carbons (Fsp3) is 0.231. The summed E-state index contributed by atoms with van der Waals surface area (Å²) in [6, 6.07) is 6.55. The van der Waals surface area contributed by atoms with Crippen molar-refractivity contribution in [1.82, 2.24) is 9.97 Å². The molecule has 3 rings (SSSR count). The van der Waals surface area contributed by atoms with Crippen molar-refractivity contribution in [3.05, 3.63) is 49.6 Å². The lowest BCUT2D eigenvalue weighted by atomic mass is 10.1. The fourth-order valence-corrected chi connectivity index (χ4v) is 3.63. The van der Waals surface area contributed by atoms with E-state index in [0.717, 1.165) is 9.92 Å². The van der Waals surface area contributed by atoms with Gasteiger partial charge in [0.05, 0.1) is 6.33 Å². The van der Waals surface area contributed by atoms with E-state index in [1.54, 1.807) is 11.8 Å². The highest BCUT2D eigenvalue weighted by Crippen LogP contribution is 2.32. The minimum atomic E-state index is -0.0748. The number of nitrogens with zero attached hydrogens (tertiary/aromatic N) is 1. The fourth-order valence-electron chi connectivity index (χ4n) is 2.16. The number of fused-ring (bicyclic) bond motifs is 1. The maximum atomic E-state index is 11.5. The van der Waals surface area contributed by atoms with Gasteiger partial charge in [-0.05, 0) is 65.1 Å². The Kier molecular flexibility index (Phi) is 3.43. The van der Waals surface area contributed by atoms with Crippen LogP contribution in [0.4, 0.5) is 0 Å². The molecule has 0 amide bonds. The number of H-pyrrole nitrogens is 1. The normalized spacial score (nSPS) is 13.6. The number of rotatable bonds is 2. The Hall–Kier alpha value is -0.820. The van der Waals surface area contributed by atoms with Crippen molar-refractivity contribution in [3.8, 4) is 0 Å². The van der Waals surface area contributed by atoms with Crippen molar-refractivity contribution >= 4 is 34.4 Å². The molecule has 3 nitrogen and oxygen atoms in total. The summed E-state index contributed by atoms with van der Waals surface area (Å²) in [4.78, 5) is 19.5. The van der Waals surface area contributed by atoms with Crippen LogP contribution in [0.5, 0.6) is 0 Å². The summed E-state index contributed by atoms with van der Waals surface area (Å²) in [5.41, 5.74) is 2.84. The van der Waals surface area contributed by atoms with Crippen LogP contribution < -0.4 is 5.56 Å². The molecule has 1 aliphatic rings. The van der Waals surface area contributed by atoms with Gasteiger partial charge in [0.25, 0.3) is 5.56 Å². The molecule has 0 saturated carbocycles. The zero-order valence-electron chi connectivity index (χ0n) is 9.57. The maximum Gasteiger partial charge on any atom is 0.265 e. The third kappa shape index (κ3) is 2.33. The molecule has 0 aliphatic heterocycles. The van der Waals surface area contributed by atoms with E-state index in [4.69, 9.17) is 0 Å². The number of hydrogen-bond donors (Lipinski definition) is 1. The summed E-state index contributed by atoms with van der Waals surface area (Å²) in [5.74, 6) is 0. The predicted molar refractivity (Wildman–Crippen MR) is 80.2 cm³/mol. The van der Waals surface area contributed by atoms with Crippen molar-refractivity contribution in [2.24, 2.45) is 0 Å². The van der Waals surface area contributed by atoms with Crippen LogP contribution in [0.2, 0.25) is 0 Å². The van der Waals surface area contributed by atoms with E-state index in [2.05, 4.69) is 28.2 Å². The molecule has 92 valence electrons. The maximum absolute atomic E-state index is 11.5. The summed E-state index contributed by atoms with van der Waals surface area (Å²) in [6.45, 7) is 0. The molecule has 0 saturated heterocycles. The highest BCUT2D eigenvalue weighted by molar-refractivity contribution is 14.1. The molecule has 2 aromatic rings. The second-order valence-corrected chi connectivity index (χ2v) is 6.38. The van der Waals surface area contributed by atoms with Crippen molar-refractivity contribution in [3.63, 3.8) is 0 Å². The summed E-state index contributed by atoms with van der Waals surface area (Å²) in [6.07, 6.45) is 5.08. The van der Waals surface area contributed by atoms with E-state index in [1.807, 2.05) is 22.6 Å². The van der Waals surface area contributed by atoms with Crippen molar-refractivity contribution < 1.29 is 0 Å². The largest absolute Gasteiger partial charge is 0.312 e. The molecule has 0 bridgehead atoms. The zero-order chi connectivity index (χ0) is 12.5. The molecule has 1 heterocycles. The number of nitrogens with one attached hydrogen (secondary N) is 1. The van der Waals surface area contributed by atoms with Gasteiger partial charge in [-0.1, -0.05) is 17.8 Å². The topological polar surface area (TPSA) is 45.8 Å². The minimum Gasteiger partial charge on any atom is -0.312 e. The van der Waals surface area contributed by atoms with E-state index < -0.39 is 0 Å². The van der Waals surface area contributed by atoms with Crippen molar-refractivity contribution in [2.45, 2.75) is 29.2 Å². The van der Waals surface area contributed by atoms with Crippen LogP contribution in [0.15, 0.2) is 39.2 Å². The molecule has 0 fully saturated rings. The Balaban J connectivity index is 1.93. The lowest BCUT2D eigenvalue weighted by Crippen LogP contribution is -2.10. The van der Waals surface area contributed by atoms with Gasteiger partial charge in [-0.25, -0.2) is 4.98 Å². The van der Waals surface area contributed by atoms with Crippen molar-refractivity contribution in [2.75, 3.05) is 0 Å². The van der Waals surface area contributed by atoms with Gasteiger partial charge in [-0.15, -0.1) is 0 Å². The van der Waals surface area contributed by atoms with E-state index in [9.17, 15) is 4.79 Å². The molecule has 1 N–H and O–H groups in total. The molecule has 5 heteroatoms. The number of aromatic nitrogens is 2. The number of benzene rings is 1. The summed E-state index contributed by atoms with van der Waals surface area (Å²) in [5, 5.41) is 0.775. The Labute approximate surface area is 123 Å². The Bertz CT molecular complexity index is 654. The third-order valence-electron chi connectivity index (χ3n) is 3.05. The van der Waals surface area contributed by atoms with Gasteiger partial charge in [-0.2, -0.15) is 0 Å². The summed E-state index contributed by atoms with van der Waals surface area (Å²) >= 11 is 3.60. The summed E-state index contributed by atoms with van der Waals surface area (Å²) in [7, 11) is 0.